The predicted octanol–water partition coefficient (Wildman–Crippen LogP) is 2.28. The van der Waals surface area contributed by atoms with E-state index in [0.29, 0.717) is 12.5 Å². The number of hydrogen-bond donors (Lipinski definition) is 1. The van der Waals surface area contributed by atoms with Gasteiger partial charge in [-0.1, -0.05) is 0 Å². The van der Waals surface area contributed by atoms with Gasteiger partial charge in [0, 0.05) is 18.6 Å². The SMILES string of the molecule is COc1ccc(-n2ccc(CNc3ncccn3)n2)cc1. The average Bonchev–Trinajstić information content (AvgIpc) is 3.03. The third kappa shape index (κ3) is 3.17. The van der Waals surface area contributed by atoms with Gasteiger partial charge >= 0.3 is 0 Å². The van der Waals surface area contributed by atoms with Gasteiger partial charge in [-0.3, -0.25) is 0 Å². The molecular formula is C15H15N5O. The van der Waals surface area contributed by atoms with Crippen LogP contribution in [0.4, 0.5) is 5.95 Å². The van der Waals surface area contributed by atoms with Crippen LogP contribution in [-0.4, -0.2) is 26.9 Å². The number of rotatable bonds is 5. The van der Waals surface area contributed by atoms with Crippen molar-refractivity contribution in [2.24, 2.45) is 0 Å². The molecule has 0 aliphatic rings. The van der Waals surface area contributed by atoms with Gasteiger partial charge in [-0.2, -0.15) is 5.10 Å². The topological polar surface area (TPSA) is 64.9 Å². The van der Waals surface area contributed by atoms with Crippen molar-refractivity contribution in [3.63, 3.8) is 0 Å². The number of aromatic nitrogens is 4. The lowest BCUT2D eigenvalue weighted by molar-refractivity contribution is 0.414. The van der Waals surface area contributed by atoms with E-state index in [1.807, 2.05) is 41.2 Å². The highest BCUT2D eigenvalue weighted by atomic mass is 16.5. The largest absolute Gasteiger partial charge is 0.497 e. The summed E-state index contributed by atoms with van der Waals surface area (Å²) in [6.07, 6.45) is 5.32. The van der Waals surface area contributed by atoms with Crippen LogP contribution in [0.5, 0.6) is 5.75 Å². The Morgan fingerprint density at radius 2 is 1.86 bits per heavy atom. The molecule has 0 atom stereocenters. The highest BCUT2D eigenvalue weighted by Gasteiger charge is 2.02. The third-order valence-corrected chi connectivity index (χ3v) is 2.97. The molecule has 3 aromatic rings. The zero-order valence-corrected chi connectivity index (χ0v) is 11.6. The van der Waals surface area contributed by atoms with Crippen molar-refractivity contribution in [1.29, 1.82) is 0 Å². The van der Waals surface area contributed by atoms with E-state index in [-0.39, 0.29) is 0 Å². The fourth-order valence-electron chi connectivity index (χ4n) is 1.89. The molecule has 0 amide bonds. The monoisotopic (exact) mass is 281 g/mol. The molecule has 0 aliphatic heterocycles. The maximum Gasteiger partial charge on any atom is 0.222 e. The molecule has 1 N–H and O–H groups in total. The molecule has 1 aromatic carbocycles. The van der Waals surface area contributed by atoms with Gasteiger partial charge < -0.3 is 10.1 Å². The van der Waals surface area contributed by atoms with E-state index >= 15 is 0 Å². The van der Waals surface area contributed by atoms with Crippen LogP contribution >= 0.6 is 0 Å². The van der Waals surface area contributed by atoms with Crippen molar-refractivity contribution in [2.45, 2.75) is 6.54 Å². The highest BCUT2D eigenvalue weighted by Crippen LogP contribution is 2.14. The zero-order chi connectivity index (χ0) is 14.5. The normalized spacial score (nSPS) is 10.3. The summed E-state index contributed by atoms with van der Waals surface area (Å²) in [7, 11) is 1.65. The molecule has 3 rings (SSSR count). The van der Waals surface area contributed by atoms with E-state index in [1.165, 1.54) is 0 Å². The predicted molar refractivity (Wildman–Crippen MR) is 79.5 cm³/mol. The molecule has 0 bridgehead atoms. The molecule has 2 aromatic heterocycles. The molecule has 21 heavy (non-hydrogen) atoms. The van der Waals surface area contributed by atoms with E-state index in [4.69, 9.17) is 4.74 Å². The van der Waals surface area contributed by atoms with Crippen molar-refractivity contribution in [3.05, 3.63) is 60.7 Å². The molecular weight excluding hydrogens is 266 g/mol. The van der Waals surface area contributed by atoms with Gasteiger partial charge in [0.25, 0.3) is 0 Å². The Bertz CT molecular complexity index is 694. The molecule has 106 valence electrons. The van der Waals surface area contributed by atoms with E-state index in [1.54, 1.807) is 25.6 Å². The second kappa shape index (κ2) is 6.04. The smallest absolute Gasteiger partial charge is 0.222 e. The Morgan fingerprint density at radius 3 is 2.57 bits per heavy atom. The lowest BCUT2D eigenvalue weighted by Crippen LogP contribution is -2.04. The summed E-state index contributed by atoms with van der Waals surface area (Å²) in [5, 5.41) is 7.63. The number of methoxy groups -OCH3 is 1. The minimum atomic E-state index is 0.577. The Hall–Kier alpha value is -2.89. The number of nitrogens with zero attached hydrogens (tertiary/aromatic N) is 4. The summed E-state index contributed by atoms with van der Waals surface area (Å²) in [4.78, 5) is 8.21. The van der Waals surface area contributed by atoms with E-state index in [0.717, 1.165) is 17.1 Å². The number of benzene rings is 1. The number of anilines is 1. The summed E-state index contributed by atoms with van der Waals surface area (Å²) in [5.41, 5.74) is 1.90. The first kappa shape index (κ1) is 13.1. The summed E-state index contributed by atoms with van der Waals surface area (Å²) in [6.45, 7) is 0.577. The van der Waals surface area contributed by atoms with Gasteiger partial charge in [-0.25, -0.2) is 14.6 Å². The van der Waals surface area contributed by atoms with Crippen LogP contribution < -0.4 is 10.1 Å². The fraction of sp³-hybridized carbons (Fsp3) is 0.133. The molecule has 0 radical (unpaired) electrons. The molecule has 0 unspecified atom stereocenters. The van der Waals surface area contributed by atoms with Crippen LogP contribution in [-0.2, 0) is 6.54 Å². The molecule has 2 heterocycles. The summed E-state index contributed by atoms with van der Waals surface area (Å²) < 4.78 is 6.97. The van der Waals surface area contributed by atoms with Crippen molar-refractivity contribution < 1.29 is 4.74 Å². The number of ether oxygens (including phenoxy) is 1. The first-order chi connectivity index (χ1) is 10.3. The zero-order valence-electron chi connectivity index (χ0n) is 11.6. The average molecular weight is 281 g/mol. The van der Waals surface area contributed by atoms with E-state index in [2.05, 4.69) is 20.4 Å². The minimum absolute atomic E-state index is 0.577. The molecule has 6 heteroatoms. The first-order valence-electron chi connectivity index (χ1n) is 6.55. The van der Waals surface area contributed by atoms with Gasteiger partial charge in [0.15, 0.2) is 0 Å². The minimum Gasteiger partial charge on any atom is -0.497 e. The fourth-order valence-corrected chi connectivity index (χ4v) is 1.89. The van der Waals surface area contributed by atoms with Crippen molar-refractivity contribution in [3.8, 4) is 11.4 Å². The third-order valence-electron chi connectivity index (χ3n) is 2.97. The van der Waals surface area contributed by atoms with Crippen molar-refractivity contribution >= 4 is 5.95 Å². The maximum atomic E-state index is 5.14. The van der Waals surface area contributed by atoms with Crippen molar-refractivity contribution in [2.75, 3.05) is 12.4 Å². The number of nitrogens with one attached hydrogen (secondary N) is 1. The Labute approximate surface area is 122 Å². The summed E-state index contributed by atoms with van der Waals surface area (Å²) in [6, 6.07) is 11.5. The maximum absolute atomic E-state index is 5.14. The van der Waals surface area contributed by atoms with Gasteiger partial charge in [-0.15, -0.1) is 0 Å². The standard InChI is InChI=1S/C15H15N5O/c1-21-14-5-3-13(4-6-14)20-10-7-12(19-20)11-18-15-16-8-2-9-17-15/h2-10H,11H2,1H3,(H,16,17,18). The lowest BCUT2D eigenvalue weighted by atomic mass is 10.3. The summed E-state index contributed by atoms with van der Waals surface area (Å²) >= 11 is 0. The Kier molecular flexibility index (Phi) is 3.77. The van der Waals surface area contributed by atoms with Crippen LogP contribution in [0.15, 0.2) is 55.0 Å². The van der Waals surface area contributed by atoms with Crippen LogP contribution in [0.2, 0.25) is 0 Å². The molecule has 0 aliphatic carbocycles. The van der Waals surface area contributed by atoms with Crippen LogP contribution in [0.3, 0.4) is 0 Å². The lowest BCUT2D eigenvalue weighted by Gasteiger charge is -2.04. The first-order valence-corrected chi connectivity index (χ1v) is 6.55. The van der Waals surface area contributed by atoms with Gasteiger partial charge in [-0.05, 0) is 36.4 Å². The summed E-state index contributed by atoms with van der Waals surface area (Å²) in [5.74, 6) is 1.42. The molecule has 0 saturated carbocycles. The van der Waals surface area contributed by atoms with Gasteiger partial charge in [0.2, 0.25) is 5.95 Å². The van der Waals surface area contributed by atoms with Crippen LogP contribution in [0, 0.1) is 0 Å². The molecule has 0 fully saturated rings. The Morgan fingerprint density at radius 1 is 1.10 bits per heavy atom. The Balaban J connectivity index is 1.68. The second-order valence-electron chi connectivity index (χ2n) is 4.38. The second-order valence-corrected chi connectivity index (χ2v) is 4.38. The van der Waals surface area contributed by atoms with Crippen LogP contribution in [0.25, 0.3) is 5.69 Å². The quantitative estimate of drug-likeness (QED) is 0.777. The molecule has 0 spiro atoms. The van der Waals surface area contributed by atoms with Gasteiger partial charge in [0.1, 0.15) is 5.75 Å². The molecule has 0 saturated heterocycles. The van der Waals surface area contributed by atoms with E-state index < -0.39 is 0 Å². The molecule has 6 nitrogen and oxygen atoms in total. The van der Waals surface area contributed by atoms with E-state index in [9.17, 15) is 0 Å². The number of hydrogen-bond acceptors (Lipinski definition) is 5. The van der Waals surface area contributed by atoms with Gasteiger partial charge in [0.05, 0.1) is 25.0 Å². The van der Waals surface area contributed by atoms with Crippen LogP contribution in [0.1, 0.15) is 5.69 Å². The highest BCUT2D eigenvalue weighted by molar-refractivity contribution is 5.37. The van der Waals surface area contributed by atoms with Crippen molar-refractivity contribution in [1.82, 2.24) is 19.7 Å².